The second-order valence-corrected chi connectivity index (χ2v) is 8.53. The van der Waals surface area contributed by atoms with Crippen LogP contribution in [0.3, 0.4) is 0 Å². The number of amides is 2. The van der Waals surface area contributed by atoms with E-state index >= 15 is 0 Å². The van der Waals surface area contributed by atoms with E-state index in [9.17, 15) is 19.7 Å². The molecule has 1 heterocycles. The third-order valence-electron chi connectivity index (χ3n) is 6.26. The summed E-state index contributed by atoms with van der Waals surface area (Å²) in [4.78, 5) is 38.7. The predicted octanol–water partition coefficient (Wildman–Crippen LogP) is 4.42. The summed E-state index contributed by atoms with van der Waals surface area (Å²) >= 11 is 0. The fraction of sp³-hybridized carbons (Fsp3) is 0.259. The first kappa shape index (κ1) is 23.9. The maximum absolute atomic E-state index is 13.0. The van der Waals surface area contributed by atoms with Crippen molar-refractivity contribution in [3.63, 3.8) is 0 Å². The fourth-order valence-corrected chi connectivity index (χ4v) is 4.35. The Hall–Kier alpha value is -4.20. The van der Waals surface area contributed by atoms with Gasteiger partial charge in [-0.15, -0.1) is 0 Å². The molecule has 0 spiro atoms. The van der Waals surface area contributed by atoms with Crippen LogP contribution in [-0.4, -0.2) is 36.4 Å². The summed E-state index contributed by atoms with van der Waals surface area (Å²) in [6.07, 6.45) is 1.87. The number of nitro groups is 1. The van der Waals surface area contributed by atoms with Crippen LogP contribution in [0.25, 0.3) is 0 Å². The maximum Gasteiger partial charge on any atom is 0.292 e. The van der Waals surface area contributed by atoms with Crippen LogP contribution in [0.5, 0.6) is 0 Å². The van der Waals surface area contributed by atoms with Crippen molar-refractivity contribution in [2.75, 3.05) is 29.9 Å². The number of piperidine rings is 1. The van der Waals surface area contributed by atoms with Crippen molar-refractivity contribution in [1.82, 2.24) is 5.32 Å². The molecule has 35 heavy (non-hydrogen) atoms. The van der Waals surface area contributed by atoms with E-state index in [0.717, 1.165) is 12.0 Å². The molecule has 0 atom stereocenters. The number of carbonyl (C=O) groups is 2. The summed E-state index contributed by atoms with van der Waals surface area (Å²) < 4.78 is 0. The van der Waals surface area contributed by atoms with Gasteiger partial charge >= 0.3 is 0 Å². The molecule has 4 rings (SSSR count). The van der Waals surface area contributed by atoms with E-state index in [-0.39, 0.29) is 28.3 Å². The molecular weight excluding hydrogens is 444 g/mol. The van der Waals surface area contributed by atoms with Crippen LogP contribution in [0, 0.1) is 16.0 Å². The molecule has 180 valence electrons. The van der Waals surface area contributed by atoms with Gasteiger partial charge in [0.1, 0.15) is 5.69 Å². The normalized spacial score (nSPS) is 13.8. The van der Waals surface area contributed by atoms with Gasteiger partial charge in [0.15, 0.2) is 0 Å². The van der Waals surface area contributed by atoms with Gasteiger partial charge in [0.2, 0.25) is 5.91 Å². The summed E-state index contributed by atoms with van der Waals surface area (Å²) in [6, 6.07) is 23.6. The van der Waals surface area contributed by atoms with E-state index in [2.05, 4.69) is 10.6 Å². The predicted molar refractivity (Wildman–Crippen MR) is 136 cm³/mol. The molecule has 8 nitrogen and oxygen atoms in total. The third-order valence-corrected chi connectivity index (χ3v) is 6.26. The van der Waals surface area contributed by atoms with Crippen LogP contribution >= 0.6 is 0 Å². The van der Waals surface area contributed by atoms with Crippen LogP contribution in [0.4, 0.5) is 17.1 Å². The Labute approximate surface area is 204 Å². The van der Waals surface area contributed by atoms with Gasteiger partial charge in [-0.3, -0.25) is 19.7 Å². The Morgan fingerprint density at radius 1 is 0.914 bits per heavy atom. The van der Waals surface area contributed by atoms with Crippen LogP contribution < -0.4 is 15.5 Å². The number of anilines is 2. The van der Waals surface area contributed by atoms with E-state index in [4.69, 9.17) is 0 Å². The Morgan fingerprint density at radius 2 is 1.57 bits per heavy atom. The molecule has 1 aliphatic heterocycles. The molecule has 1 aliphatic rings. The highest BCUT2D eigenvalue weighted by Gasteiger charge is 2.28. The Morgan fingerprint density at radius 3 is 2.31 bits per heavy atom. The van der Waals surface area contributed by atoms with Crippen LogP contribution in [0.2, 0.25) is 0 Å². The number of nitrogens with one attached hydrogen (secondary N) is 2. The van der Waals surface area contributed by atoms with Crippen molar-refractivity contribution in [2.24, 2.45) is 5.92 Å². The summed E-state index contributed by atoms with van der Waals surface area (Å²) in [6.45, 7) is 1.59. The Kier molecular flexibility index (Phi) is 7.72. The molecule has 2 N–H and O–H groups in total. The molecule has 3 aromatic rings. The number of rotatable bonds is 8. The third kappa shape index (κ3) is 6.03. The minimum atomic E-state index is -0.379. The molecule has 1 saturated heterocycles. The van der Waals surface area contributed by atoms with Crippen molar-refractivity contribution in [1.29, 1.82) is 0 Å². The van der Waals surface area contributed by atoms with Gasteiger partial charge in [0, 0.05) is 31.6 Å². The average molecular weight is 473 g/mol. The highest BCUT2D eigenvalue weighted by molar-refractivity contribution is 6.04. The van der Waals surface area contributed by atoms with E-state index in [0.29, 0.717) is 49.4 Å². The fourth-order valence-electron chi connectivity index (χ4n) is 4.35. The molecule has 3 aromatic carbocycles. The standard InChI is InChI=1S/C27H28N4O4/c32-26(21-15-18-30(19-16-21)24-12-6-7-13-25(24)31(34)35)29-23-11-5-4-10-22(23)27(33)28-17-14-20-8-2-1-3-9-20/h1-13,21H,14-19H2,(H,28,33)(H,29,32). The molecular formula is C27H28N4O4. The molecule has 2 amide bonds. The first-order chi connectivity index (χ1) is 17.0. The molecule has 0 aliphatic carbocycles. The topological polar surface area (TPSA) is 105 Å². The second kappa shape index (κ2) is 11.3. The second-order valence-electron chi connectivity index (χ2n) is 8.53. The Balaban J connectivity index is 1.33. The van der Waals surface area contributed by atoms with Gasteiger partial charge in [-0.25, -0.2) is 0 Å². The number of hydrogen-bond donors (Lipinski definition) is 2. The van der Waals surface area contributed by atoms with Crippen molar-refractivity contribution in [3.05, 3.63) is 100 Å². The number of para-hydroxylation sites is 3. The van der Waals surface area contributed by atoms with Gasteiger partial charge in [-0.05, 0) is 43.0 Å². The molecule has 0 aromatic heterocycles. The minimum Gasteiger partial charge on any atom is -0.366 e. The minimum absolute atomic E-state index is 0.0719. The summed E-state index contributed by atoms with van der Waals surface area (Å²) in [7, 11) is 0. The van der Waals surface area contributed by atoms with Crippen molar-refractivity contribution in [2.45, 2.75) is 19.3 Å². The molecule has 0 saturated carbocycles. The molecule has 0 bridgehead atoms. The lowest BCUT2D eigenvalue weighted by Gasteiger charge is -2.32. The lowest BCUT2D eigenvalue weighted by Crippen LogP contribution is -2.38. The van der Waals surface area contributed by atoms with Gasteiger partial charge in [0.25, 0.3) is 11.6 Å². The summed E-state index contributed by atoms with van der Waals surface area (Å²) in [5.74, 6) is -0.608. The molecule has 1 fully saturated rings. The van der Waals surface area contributed by atoms with Crippen LogP contribution in [-0.2, 0) is 11.2 Å². The first-order valence-electron chi connectivity index (χ1n) is 11.7. The lowest BCUT2D eigenvalue weighted by atomic mass is 9.95. The number of benzene rings is 3. The van der Waals surface area contributed by atoms with Crippen LogP contribution in [0.15, 0.2) is 78.9 Å². The quantitative estimate of drug-likeness (QED) is 0.373. The van der Waals surface area contributed by atoms with Crippen molar-refractivity contribution < 1.29 is 14.5 Å². The zero-order chi connectivity index (χ0) is 24.6. The van der Waals surface area contributed by atoms with Crippen molar-refractivity contribution >= 4 is 28.9 Å². The van der Waals surface area contributed by atoms with Gasteiger partial charge < -0.3 is 15.5 Å². The SMILES string of the molecule is O=C(NCCc1ccccc1)c1ccccc1NC(=O)C1CCN(c2ccccc2[N+](=O)[O-])CC1. The molecule has 0 radical (unpaired) electrons. The number of nitro benzene ring substituents is 1. The monoisotopic (exact) mass is 472 g/mol. The Bertz CT molecular complexity index is 1190. The zero-order valence-electron chi connectivity index (χ0n) is 19.4. The summed E-state index contributed by atoms with van der Waals surface area (Å²) in [5.41, 5.74) is 2.69. The number of hydrogen-bond acceptors (Lipinski definition) is 5. The van der Waals surface area contributed by atoms with E-state index in [1.54, 1.807) is 42.5 Å². The number of carbonyl (C=O) groups excluding carboxylic acids is 2. The largest absolute Gasteiger partial charge is 0.366 e. The van der Waals surface area contributed by atoms with Crippen molar-refractivity contribution in [3.8, 4) is 0 Å². The van der Waals surface area contributed by atoms with Gasteiger partial charge in [-0.1, -0.05) is 54.6 Å². The smallest absolute Gasteiger partial charge is 0.292 e. The maximum atomic E-state index is 13.0. The van der Waals surface area contributed by atoms with E-state index in [1.165, 1.54) is 6.07 Å². The van der Waals surface area contributed by atoms with Crippen LogP contribution in [0.1, 0.15) is 28.8 Å². The molecule has 0 unspecified atom stereocenters. The van der Waals surface area contributed by atoms with Gasteiger partial charge in [0.05, 0.1) is 16.2 Å². The molecule has 8 heteroatoms. The lowest BCUT2D eigenvalue weighted by molar-refractivity contribution is -0.384. The zero-order valence-corrected chi connectivity index (χ0v) is 19.4. The van der Waals surface area contributed by atoms with Gasteiger partial charge in [-0.2, -0.15) is 0 Å². The highest BCUT2D eigenvalue weighted by Crippen LogP contribution is 2.31. The summed E-state index contributed by atoms with van der Waals surface area (Å²) in [5, 5.41) is 17.2. The number of nitrogens with zero attached hydrogens (tertiary/aromatic N) is 2. The first-order valence-corrected chi connectivity index (χ1v) is 11.7. The van der Waals surface area contributed by atoms with E-state index in [1.807, 2.05) is 35.2 Å². The highest BCUT2D eigenvalue weighted by atomic mass is 16.6. The average Bonchev–Trinajstić information content (AvgIpc) is 2.89. The van der Waals surface area contributed by atoms with E-state index < -0.39 is 0 Å².